The van der Waals surface area contributed by atoms with Crippen LogP contribution < -0.4 is 10.5 Å². The SMILES string of the molecule is Cl.Cn1cc(S(=O)(=O)NCC(N)C2CC2)cn1. The summed E-state index contributed by atoms with van der Waals surface area (Å²) in [4.78, 5) is 0.179. The smallest absolute Gasteiger partial charge is 0.243 e. The van der Waals surface area contributed by atoms with E-state index in [0.717, 1.165) is 12.8 Å². The molecule has 0 aromatic carbocycles. The maximum Gasteiger partial charge on any atom is 0.243 e. The fraction of sp³-hybridized carbons (Fsp3) is 0.667. The van der Waals surface area contributed by atoms with Crippen LogP contribution in [0.3, 0.4) is 0 Å². The van der Waals surface area contributed by atoms with Gasteiger partial charge in [0.2, 0.25) is 10.0 Å². The minimum absolute atomic E-state index is 0. The Kier molecular flexibility index (Phi) is 4.54. The summed E-state index contributed by atoms with van der Waals surface area (Å²) in [6, 6.07) is -0.0774. The molecule has 1 saturated carbocycles. The molecule has 2 rings (SSSR count). The Labute approximate surface area is 107 Å². The number of nitrogens with zero attached hydrogens (tertiary/aromatic N) is 2. The molecule has 0 radical (unpaired) electrons. The number of hydrogen-bond acceptors (Lipinski definition) is 4. The minimum atomic E-state index is -3.45. The topological polar surface area (TPSA) is 90.0 Å². The molecule has 98 valence electrons. The van der Waals surface area contributed by atoms with Gasteiger partial charge in [0.1, 0.15) is 4.90 Å². The van der Waals surface area contributed by atoms with E-state index in [0.29, 0.717) is 12.5 Å². The molecule has 1 atom stereocenters. The molecule has 0 bridgehead atoms. The second-order valence-corrected chi connectivity index (χ2v) is 5.97. The standard InChI is InChI=1S/C9H16N4O2S.ClH/c1-13-6-8(4-11-13)16(14,15)12-5-9(10)7-2-3-7;/h4,6-7,9,12H,2-3,5,10H2,1H3;1H. The van der Waals surface area contributed by atoms with Crippen LogP contribution >= 0.6 is 12.4 Å². The van der Waals surface area contributed by atoms with E-state index >= 15 is 0 Å². The highest BCUT2D eigenvalue weighted by Gasteiger charge is 2.29. The van der Waals surface area contributed by atoms with Crippen molar-refractivity contribution in [1.82, 2.24) is 14.5 Å². The number of nitrogens with one attached hydrogen (secondary N) is 1. The summed E-state index contributed by atoms with van der Waals surface area (Å²) in [5.74, 6) is 0.483. The van der Waals surface area contributed by atoms with Crippen LogP contribution in [0.25, 0.3) is 0 Å². The first-order valence-electron chi connectivity index (χ1n) is 5.23. The average molecular weight is 281 g/mol. The van der Waals surface area contributed by atoms with Gasteiger partial charge in [-0.1, -0.05) is 0 Å². The predicted octanol–water partition coefficient (Wildman–Crippen LogP) is -0.142. The third kappa shape index (κ3) is 3.67. The molecule has 1 aliphatic rings. The number of aromatic nitrogens is 2. The first-order chi connectivity index (χ1) is 7.49. The zero-order valence-corrected chi connectivity index (χ0v) is 11.2. The minimum Gasteiger partial charge on any atom is -0.326 e. The van der Waals surface area contributed by atoms with Gasteiger partial charge in [0.15, 0.2) is 0 Å². The van der Waals surface area contributed by atoms with E-state index in [1.807, 2.05) is 0 Å². The summed E-state index contributed by atoms with van der Waals surface area (Å²) in [5, 5.41) is 3.82. The summed E-state index contributed by atoms with van der Waals surface area (Å²) in [7, 11) is -1.78. The van der Waals surface area contributed by atoms with Crippen LogP contribution in [0.15, 0.2) is 17.3 Å². The Morgan fingerprint density at radius 3 is 2.76 bits per heavy atom. The summed E-state index contributed by atoms with van der Waals surface area (Å²) < 4.78 is 27.5. The van der Waals surface area contributed by atoms with Crippen molar-refractivity contribution in [2.75, 3.05) is 6.54 Å². The lowest BCUT2D eigenvalue weighted by Crippen LogP contribution is -2.38. The summed E-state index contributed by atoms with van der Waals surface area (Å²) >= 11 is 0. The van der Waals surface area contributed by atoms with Crippen LogP contribution in [0.2, 0.25) is 0 Å². The lowest BCUT2D eigenvalue weighted by atomic mass is 10.2. The highest BCUT2D eigenvalue weighted by molar-refractivity contribution is 7.89. The van der Waals surface area contributed by atoms with Crippen molar-refractivity contribution in [1.29, 1.82) is 0 Å². The van der Waals surface area contributed by atoms with Crippen molar-refractivity contribution < 1.29 is 8.42 Å². The largest absolute Gasteiger partial charge is 0.326 e. The van der Waals surface area contributed by atoms with Gasteiger partial charge in [0, 0.05) is 25.8 Å². The third-order valence-electron chi connectivity index (χ3n) is 2.73. The highest BCUT2D eigenvalue weighted by Crippen LogP contribution is 2.31. The van der Waals surface area contributed by atoms with Gasteiger partial charge >= 0.3 is 0 Å². The number of sulfonamides is 1. The second-order valence-electron chi connectivity index (χ2n) is 4.20. The van der Waals surface area contributed by atoms with Crippen LogP contribution in [0.5, 0.6) is 0 Å². The molecule has 6 nitrogen and oxygen atoms in total. The number of halogens is 1. The van der Waals surface area contributed by atoms with Crippen molar-refractivity contribution in [3.05, 3.63) is 12.4 Å². The van der Waals surface area contributed by atoms with Crippen molar-refractivity contribution in [3.8, 4) is 0 Å². The fourth-order valence-corrected chi connectivity index (χ4v) is 2.57. The highest BCUT2D eigenvalue weighted by atomic mass is 35.5. The van der Waals surface area contributed by atoms with E-state index in [1.165, 1.54) is 17.1 Å². The molecule has 1 aromatic heterocycles. The van der Waals surface area contributed by atoms with Crippen LogP contribution in [-0.4, -0.2) is 30.8 Å². The molecule has 1 aromatic rings. The van der Waals surface area contributed by atoms with Crippen molar-refractivity contribution in [2.45, 2.75) is 23.8 Å². The van der Waals surface area contributed by atoms with Crippen LogP contribution in [-0.2, 0) is 17.1 Å². The molecule has 0 spiro atoms. The fourth-order valence-electron chi connectivity index (χ4n) is 1.52. The zero-order chi connectivity index (χ0) is 11.8. The summed E-state index contributed by atoms with van der Waals surface area (Å²) in [6.07, 6.45) is 5.00. The number of aryl methyl sites for hydroxylation is 1. The number of nitrogens with two attached hydrogens (primary N) is 1. The van der Waals surface area contributed by atoms with E-state index in [4.69, 9.17) is 5.73 Å². The van der Waals surface area contributed by atoms with E-state index in [1.54, 1.807) is 7.05 Å². The molecule has 1 heterocycles. The van der Waals surface area contributed by atoms with Gasteiger partial charge in [-0.25, -0.2) is 13.1 Å². The molecule has 0 saturated heterocycles. The molecule has 1 unspecified atom stereocenters. The number of rotatable bonds is 5. The molecule has 1 aliphatic carbocycles. The van der Waals surface area contributed by atoms with Crippen LogP contribution in [0, 0.1) is 5.92 Å². The van der Waals surface area contributed by atoms with Gasteiger partial charge in [-0.05, 0) is 18.8 Å². The Morgan fingerprint density at radius 1 is 1.65 bits per heavy atom. The van der Waals surface area contributed by atoms with Crippen LogP contribution in [0.4, 0.5) is 0 Å². The second kappa shape index (κ2) is 5.34. The molecule has 0 amide bonds. The van der Waals surface area contributed by atoms with Crippen molar-refractivity contribution in [3.63, 3.8) is 0 Å². The molecule has 8 heteroatoms. The average Bonchev–Trinajstić information content (AvgIpc) is 2.98. The Hall–Kier alpha value is -0.630. The maximum absolute atomic E-state index is 11.8. The molecule has 3 N–H and O–H groups in total. The monoisotopic (exact) mass is 280 g/mol. The lowest BCUT2D eigenvalue weighted by molar-refractivity contribution is 0.547. The number of hydrogen-bond donors (Lipinski definition) is 2. The van der Waals surface area contributed by atoms with Gasteiger partial charge in [0.05, 0.1) is 6.20 Å². The molecule has 1 fully saturated rings. The molecule has 17 heavy (non-hydrogen) atoms. The lowest BCUT2D eigenvalue weighted by Gasteiger charge is -2.10. The summed E-state index contributed by atoms with van der Waals surface area (Å²) in [6.45, 7) is 0.294. The van der Waals surface area contributed by atoms with Crippen molar-refractivity contribution >= 4 is 22.4 Å². The Bertz CT molecular complexity index is 469. The van der Waals surface area contributed by atoms with Gasteiger partial charge in [-0.3, -0.25) is 4.68 Å². The van der Waals surface area contributed by atoms with E-state index in [9.17, 15) is 8.42 Å². The van der Waals surface area contributed by atoms with Gasteiger partial charge in [-0.2, -0.15) is 5.10 Å². The summed E-state index contributed by atoms with van der Waals surface area (Å²) in [5.41, 5.74) is 5.82. The zero-order valence-electron chi connectivity index (χ0n) is 9.54. The predicted molar refractivity (Wildman–Crippen MR) is 66.3 cm³/mol. The van der Waals surface area contributed by atoms with Gasteiger partial charge in [-0.15, -0.1) is 12.4 Å². The quantitative estimate of drug-likeness (QED) is 0.785. The normalized spacial score (nSPS) is 17.5. The molecule has 0 aliphatic heterocycles. The first-order valence-corrected chi connectivity index (χ1v) is 6.71. The van der Waals surface area contributed by atoms with Crippen molar-refractivity contribution in [2.24, 2.45) is 18.7 Å². The van der Waals surface area contributed by atoms with E-state index in [-0.39, 0.29) is 23.3 Å². The van der Waals surface area contributed by atoms with Crippen LogP contribution in [0.1, 0.15) is 12.8 Å². The van der Waals surface area contributed by atoms with Gasteiger partial charge < -0.3 is 5.73 Å². The Morgan fingerprint density at radius 2 is 2.29 bits per heavy atom. The Balaban J connectivity index is 0.00000144. The molecular formula is C9H17ClN4O2S. The third-order valence-corrected chi connectivity index (χ3v) is 4.11. The van der Waals surface area contributed by atoms with Gasteiger partial charge in [0.25, 0.3) is 0 Å². The first kappa shape index (κ1) is 14.4. The maximum atomic E-state index is 11.8. The van der Waals surface area contributed by atoms with E-state index in [2.05, 4.69) is 9.82 Å². The molecular weight excluding hydrogens is 264 g/mol. The van der Waals surface area contributed by atoms with E-state index < -0.39 is 10.0 Å².